The lowest BCUT2D eigenvalue weighted by Crippen LogP contribution is -2.29. The molecule has 0 spiro atoms. The monoisotopic (exact) mass is 275 g/mol. The average Bonchev–Trinajstić information content (AvgIpc) is 2.45. The fourth-order valence-electron chi connectivity index (χ4n) is 1.93. The summed E-state index contributed by atoms with van der Waals surface area (Å²) in [6.07, 6.45) is 0. The molecule has 0 saturated heterocycles. The molecule has 2 aromatic carbocycles. The number of ether oxygens (including phenoxy) is 1. The van der Waals surface area contributed by atoms with E-state index >= 15 is 0 Å². The van der Waals surface area contributed by atoms with E-state index in [1.54, 1.807) is 13.0 Å². The Morgan fingerprint density at radius 1 is 1.20 bits per heavy atom. The lowest BCUT2D eigenvalue weighted by Gasteiger charge is -2.24. The Balaban J connectivity index is 2.10. The molecule has 2 rings (SSSR count). The lowest BCUT2D eigenvalue weighted by molar-refractivity contribution is 0.00747. The molecule has 20 heavy (non-hydrogen) atoms. The summed E-state index contributed by atoms with van der Waals surface area (Å²) >= 11 is 0. The Labute approximate surface area is 117 Å². The molecule has 106 valence electrons. The number of hydrogen-bond donors (Lipinski definition) is 2. The molecule has 3 nitrogen and oxygen atoms in total. The molecule has 0 bridgehead atoms. The van der Waals surface area contributed by atoms with Crippen LogP contribution in [0.3, 0.4) is 0 Å². The molecule has 0 fully saturated rings. The zero-order valence-electron chi connectivity index (χ0n) is 11.3. The van der Waals surface area contributed by atoms with E-state index < -0.39 is 11.4 Å². The summed E-state index contributed by atoms with van der Waals surface area (Å²) in [5.41, 5.74) is 5.74. The van der Waals surface area contributed by atoms with Gasteiger partial charge in [-0.25, -0.2) is 4.39 Å². The summed E-state index contributed by atoms with van der Waals surface area (Å²) in [5.74, 6) is -0.0380. The van der Waals surface area contributed by atoms with E-state index in [1.807, 2.05) is 30.3 Å². The van der Waals surface area contributed by atoms with Crippen molar-refractivity contribution < 1.29 is 14.2 Å². The molecule has 3 N–H and O–H groups in total. The highest BCUT2D eigenvalue weighted by Crippen LogP contribution is 2.23. The topological polar surface area (TPSA) is 55.5 Å². The van der Waals surface area contributed by atoms with Gasteiger partial charge in [0.25, 0.3) is 0 Å². The number of halogens is 1. The van der Waals surface area contributed by atoms with Crippen molar-refractivity contribution in [1.29, 1.82) is 0 Å². The minimum atomic E-state index is -1.14. The van der Waals surface area contributed by atoms with Gasteiger partial charge in [-0.1, -0.05) is 30.3 Å². The van der Waals surface area contributed by atoms with E-state index in [1.165, 1.54) is 12.1 Å². The second kappa shape index (κ2) is 6.03. The molecule has 0 aromatic heterocycles. The number of nitrogens with two attached hydrogens (primary N) is 1. The number of benzene rings is 2. The van der Waals surface area contributed by atoms with Gasteiger partial charge in [-0.05, 0) is 30.2 Å². The molecule has 4 heteroatoms. The van der Waals surface area contributed by atoms with Crippen LogP contribution in [-0.4, -0.2) is 11.7 Å². The van der Waals surface area contributed by atoms with Gasteiger partial charge in [0.1, 0.15) is 23.8 Å². The van der Waals surface area contributed by atoms with Crippen LogP contribution in [0.15, 0.2) is 48.5 Å². The van der Waals surface area contributed by atoms with Gasteiger partial charge in [-0.15, -0.1) is 0 Å². The van der Waals surface area contributed by atoms with Crippen molar-refractivity contribution in [2.75, 3.05) is 6.61 Å². The number of rotatable bonds is 5. The zero-order valence-corrected chi connectivity index (χ0v) is 11.3. The van der Waals surface area contributed by atoms with Crippen LogP contribution < -0.4 is 10.5 Å². The highest BCUT2D eigenvalue weighted by atomic mass is 19.1. The van der Waals surface area contributed by atoms with Crippen molar-refractivity contribution >= 4 is 0 Å². The van der Waals surface area contributed by atoms with Gasteiger partial charge >= 0.3 is 0 Å². The van der Waals surface area contributed by atoms with Crippen LogP contribution in [0.1, 0.15) is 18.1 Å². The van der Waals surface area contributed by atoms with Gasteiger partial charge < -0.3 is 15.6 Å². The molecule has 0 amide bonds. The van der Waals surface area contributed by atoms with Crippen LogP contribution in [0.25, 0.3) is 0 Å². The number of aliphatic hydroxyl groups is 1. The maximum absolute atomic E-state index is 13.4. The van der Waals surface area contributed by atoms with Crippen molar-refractivity contribution in [2.45, 2.75) is 19.1 Å². The second-order valence-corrected chi connectivity index (χ2v) is 4.93. The Morgan fingerprint density at radius 3 is 2.55 bits per heavy atom. The first-order chi connectivity index (χ1) is 9.51. The summed E-state index contributed by atoms with van der Waals surface area (Å²) in [7, 11) is 0. The number of hydrogen-bond acceptors (Lipinski definition) is 3. The van der Waals surface area contributed by atoms with E-state index in [-0.39, 0.29) is 13.2 Å². The second-order valence-electron chi connectivity index (χ2n) is 4.93. The maximum atomic E-state index is 13.4. The predicted molar refractivity (Wildman–Crippen MR) is 75.8 cm³/mol. The van der Waals surface area contributed by atoms with E-state index in [0.29, 0.717) is 11.3 Å². The van der Waals surface area contributed by atoms with Gasteiger partial charge in [0.15, 0.2) is 0 Å². The molecule has 1 unspecified atom stereocenters. The SMILES string of the molecule is CC(O)(COc1cc(F)cc(CN)c1)c1ccccc1. The fourth-order valence-corrected chi connectivity index (χ4v) is 1.93. The smallest absolute Gasteiger partial charge is 0.127 e. The van der Waals surface area contributed by atoms with Gasteiger partial charge in [-0.3, -0.25) is 0 Å². The Bertz CT molecular complexity index is 570. The van der Waals surface area contributed by atoms with Crippen molar-refractivity contribution in [2.24, 2.45) is 5.73 Å². The van der Waals surface area contributed by atoms with E-state index in [9.17, 15) is 9.50 Å². The lowest BCUT2D eigenvalue weighted by atomic mass is 9.97. The minimum absolute atomic E-state index is 0.0322. The van der Waals surface area contributed by atoms with Gasteiger partial charge in [0, 0.05) is 12.6 Å². The first-order valence-electron chi connectivity index (χ1n) is 6.41. The first kappa shape index (κ1) is 14.5. The summed E-state index contributed by atoms with van der Waals surface area (Å²) in [6.45, 7) is 1.93. The summed E-state index contributed by atoms with van der Waals surface area (Å²) in [4.78, 5) is 0. The highest BCUT2D eigenvalue weighted by Gasteiger charge is 2.23. The molecule has 0 aliphatic heterocycles. The van der Waals surface area contributed by atoms with Crippen molar-refractivity contribution in [3.05, 3.63) is 65.5 Å². The van der Waals surface area contributed by atoms with Crippen molar-refractivity contribution in [1.82, 2.24) is 0 Å². The molecule has 0 saturated carbocycles. The average molecular weight is 275 g/mol. The van der Waals surface area contributed by atoms with Crippen molar-refractivity contribution in [3.8, 4) is 5.75 Å². The molecule has 0 radical (unpaired) electrons. The highest BCUT2D eigenvalue weighted by molar-refractivity contribution is 5.30. The van der Waals surface area contributed by atoms with Gasteiger partial charge in [0.2, 0.25) is 0 Å². The third-order valence-electron chi connectivity index (χ3n) is 3.08. The molecule has 0 heterocycles. The Hall–Kier alpha value is -1.91. The Kier molecular flexibility index (Phi) is 4.37. The largest absolute Gasteiger partial charge is 0.490 e. The van der Waals surface area contributed by atoms with Gasteiger partial charge in [0.05, 0.1) is 0 Å². The van der Waals surface area contributed by atoms with Crippen LogP contribution in [0.4, 0.5) is 4.39 Å². The predicted octanol–water partition coefficient (Wildman–Crippen LogP) is 2.57. The summed E-state index contributed by atoms with van der Waals surface area (Å²) < 4.78 is 18.9. The Morgan fingerprint density at radius 2 is 1.90 bits per heavy atom. The third kappa shape index (κ3) is 3.56. The zero-order chi connectivity index (χ0) is 14.6. The summed E-state index contributed by atoms with van der Waals surface area (Å²) in [5, 5.41) is 10.4. The van der Waals surface area contributed by atoms with Crippen LogP contribution in [-0.2, 0) is 12.1 Å². The van der Waals surface area contributed by atoms with E-state index in [2.05, 4.69) is 0 Å². The molecule has 0 aliphatic rings. The standard InChI is InChI=1S/C16H18FNO2/c1-16(19,13-5-3-2-4-6-13)11-20-15-8-12(10-18)7-14(17)9-15/h2-9,19H,10-11,18H2,1H3. The third-order valence-corrected chi connectivity index (χ3v) is 3.08. The molecule has 2 aromatic rings. The normalized spacial score (nSPS) is 13.8. The molecular formula is C16H18FNO2. The molecule has 1 atom stereocenters. The fraction of sp³-hybridized carbons (Fsp3) is 0.250. The quantitative estimate of drug-likeness (QED) is 0.881. The summed E-state index contributed by atoms with van der Waals surface area (Å²) in [6, 6.07) is 13.5. The van der Waals surface area contributed by atoms with Crippen molar-refractivity contribution in [3.63, 3.8) is 0 Å². The minimum Gasteiger partial charge on any atom is -0.490 e. The first-order valence-corrected chi connectivity index (χ1v) is 6.41. The van der Waals surface area contributed by atoms with Gasteiger partial charge in [-0.2, -0.15) is 0 Å². The van der Waals surface area contributed by atoms with Crippen LogP contribution >= 0.6 is 0 Å². The van der Waals surface area contributed by atoms with Crippen LogP contribution in [0.5, 0.6) is 5.75 Å². The van der Waals surface area contributed by atoms with E-state index in [0.717, 1.165) is 5.56 Å². The van der Waals surface area contributed by atoms with Crippen LogP contribution in [0.2, 0.25) is 0 Å². The molecule has 0 aliphatic carbocycles. The maximum Gasteiger partial charge on any atom is 0.127 e. The van der Waals surface area contributed by atoms with Crippen LogP contribution in [0, 0.1) is 5.82 Å². The molecular weight excluding hydrogens is 257 g/mol. The van der Waals surface area contributed by atoms with E-state index in [4.69, 9.17) is 10.5 Å².